The maximum Gasteiger partial charge on any atom is 0.167 e. The molecule has 0 aliphatic carbocycles. The Hall–Kier alpha value is -2.93. The minimum atomic E-state index is 0.158. The van der Waals surface area contributed by atoms with E-state index < -0.39 is 0 Å². The van der Waals surface area contributed by atoms with Crippen LogP contribution in [0.4, 0.5) is 0 Å². The lowest BCUT2D eigenvalue weighted by molar-refractivity contribution is 0.0993. The van der Waals surface area contributed by atoms with E-state index in [1.54, 1.807) is 0 Å². The van der Waals surface area contributed by atoms with Crippen molar-refractivity contribution in [2.45, 2.75) is 6.42 Å². The Morgan fingerprint density at radius 1 is 0.609 bits per heavy atom. The summed E-state index contributed by atoms with van der Waals surface area (Å²) in [5, 5.41) is 4.86. The number of rotatable bonds is 3. The highest BCUT2D eigenvalue weighted by atomic mass is 16.1. The summed E-state index contributed by atoms with van der Waals surface area (Å²) < 4.78 is 0. The van der Waals surface area contributed by atoms with Gasteiger partial charge in [0.1, 0.15) is 0 Å². The molecule has 0 unspecified atom stereocenters. The molecular weight excluding hydrogens is 280 g/mol. The topological polar surface area (TPSA) is 17.1 Å². The van der Waals surface area contributed by atoms with Crippen LogP contribution in [0.25, 0.3) is 21.5 Å². The molecule has 0 aliphatic heterocycles. The standard InChI is InChI=1S/C22H16O/c23-22(17-6-2-1-3-7-17)13-16-10-11-20-14-18-8-4-5-9-19(18)15-21(20)12-16/h1-12,14-15H,13H2. The van der Waals surface area contributed by atoms with Gasteiger partial charge in [0.15, 0.2) is 5.78 Å². The number of hydrogen-bond donors (Lipinski definition) is 0. The Bertz CT molecular complexity index is 1000. The molecule has 1 heteroatoms. The van der Waals surface area contributed by atoms with Gasteiger partial charge in [0, 0.05) is 12.0 Å². The number of ketones is 1. The molecule has 0 aliphatic rings. The van der Waals surface area contributed by atoms with E-state index in [1.165, 1.54) is 21.5 Å². The van der Waals surface area contributed by atoms with Crippen molar-refractivity contribution in [1.29, 1.82) is 0 Å². The van der Waals surface area contributed by atoms with Crippen molar-refractivity contribution in [1.82, 2.24) is 0 Å². The summed E-state index contributed by atoms with van der Waals surface area (Å²) in [6, 6.07) is 28.5. The molecule has 0 N–H and O–H groups in total. The molecule has 0 spiro atoms. The molecule has 1 nitrogen and oxygen atoms in total. The van der Waals surface area contributed by atoms with Gasteiger partial charge in [0.25, 0.3) is 0 Å². The molecule has 4 rings (SSSR count). The molecular formula is C22H16O. The lowest BCUT2D eigenvalue weighted by atomic mass is 9.98. The molecule has 0 fully saturated rings. The van der Waals surface area contributed by atoms with Crippen molar-refractivity contribution >= 4 is 27.3 Å². The summed E-state index contributed by atoms with van der Waals surface area (Å²) in [7, 11) is 0. The van der Waals surface area contributed by atoms with Crippen LogP contribution in [0.5, 0.6) is 0 Å². The third-order valence-corrected chi connectivity index (χ3v) is 4.23. The third kappa shape index (κ3) is 2.74. The average molecular weight is 296 g/mol. The second kappa shape index (κ2) is 5.69. The number of carbonyl (C=O) groups excluding carboxylic acids is 1. The Kier molecular flexibility index (Phi) is 3.39. The van der Waals surface area contributed by atoms with E-state index in [-0.39, 0.29) is 5.78 Å². The van der Waals surface area contributed by atoms with Gasteiger partial charge in [-0.3, -0.25) is 4.79 Å². The molecule has 0 amide bonds. The molecule has 4 aromatic rings. The Morgan fingerprint density at radius 2 is 1.22 bits per heavy atom. The van der Waals surface area contributed by atoms with Crippen molar-refractivity contribution in [2.75, 3.05) is 0 Å². The quantitative estimate of drug-likeness (QED) is 0.364. The van der Waals surface area contributed by atoms with Crippen LogP contribution in [-0.4, -0.2) is 5.78 Å². The van der Waals surface area contributed by atoms with Gasteiger partial charge >= 0.3 is 0 Å². The monoisotopic (exact) mass is 296 g/mol. The first-order valence-electron chi connectivity index (χ1n) is 7.79. The summed E-state index contributed by atoms with van der Waals surface area (Å²) in [6.45, 7) is 0. The number of carbonyl (C=O) groups is 1. The maximum absolute atomic E-state index is 12.4. The minimum absolute atomic E-state index is 0.158. The first-order chi connectivity index (χ1) is 11.3. The second-order valence-electron chi connectivity index (χ2n) is 5.85. The lowest BCUT2D eigenvalue weighted by Crippen LogP contribution is -2.03. The van der Waals surface area contributed by atoms with E-state index in [9.17, 15) is 4.79 Å². The van der Waals surface area contributed by atoms with E-state index in [2.05, 4.69) is 54.6 Å². The van der Waals surface area contributed by atoms with E-state index in [1.807, 2.05) is 30.3 Å². The summed E-state index contributed by atoms with van der Waals surface area (Å²) in [5.41, 5.74) is 1.83. The number of hydrogen-bond acceptors (Lipinski definition) is 1. The molecule has 110 valence electrons. The van der Waals surface area contributed by atoms with Crippen LogP contribution in [0.2, 0.25) is 0 Å². The normalized spacial score (nSPS) is 11.0. The van der Waals surface area contributed by atoms with Crippen LogP contribution in [-0.2, 0) is 6.42 Å². The zero-order chi connectivity index (χ0) is 15.6. The fourth-order valence-electron chi connectivity index (χ4n) is 3.01. The van der Waals surface area contributed by atoms with Crippen LogP contribution >= 0.6 is 0 Å². The van der Waals surface area contributed by atoms with Crippen molar-refractivity contribution in [3.63, 3.8) is 0 Å². The number of benzene rings is 4. The molecule has 23 heavy (non-hydrogen) atoms. The zero-order valence-corrected chi connectivity index (χ0v) is 12.7. The molecule has 0 heterocycles. The summed E-state index contributed by atoms with van der Waals surface area (Å²) in [4.78, 5) is 12.4. The van der Waals surface area contributed by atoms with Crippen LogP contribution in [0, 0.1) is 0 Å². The van der Waals surface area contributed by atoms with Gasteiger partial charge in [-0.1, -0.05) is 72.8 Å². The molecule has 0 atom stereocenters. The van der Waals surface area contributed by atoms with Gasteiger partial charge in [0.05, 0.1) is 0 Å². The Balaban J connectivity index is 1.71. The largest absolute Gasteiger partial charge is 0.294 e. The highest BCUT2D eigenvalue weighted by Gasteiger charge is 2.07. The fraction of sp³-hybridized carbons (Fsp3) is 0.0455. The highest BCUT2D eigenvalue weighted by molar-refractivity contribution is 6.00. The predicted molar refractivity (Wildman–Crippen MR) is 95.9 cm³/mol. The average Bonchev–Trinajstić information content (AvgIpc) is 2.60. The van der Waals surface area contributed by atoms with E-state index in [0.717, 1.165) is 11.1 Å². The second-order valence-corrected chi connectivity index (χ2v) is 5.85. The van der Waals surface area contributed by atoms with Gasteiger partial charge in [-0.05, 0) is 39.2 Å². The first kappa shape index (κ1) is 13.7. The smallest absolute Gasteiger partial charge is 0.167 e. The lowest BCUT2D eigenvalue weighted by Gasteiger charge is -2.06. The first-order valence-corrected chi connectivity index (χ1v) is 7.79. The van der Waals surface area contributed by atoms with Crippen molar-refractivity contribution < 1.29 is 4.79 Å². The predicted octanol–water partition coefficient (Wildman–Crippen LogP) is 5.42. The molecule has 0 radical (unpaired) electrons. The summed E-state index contributed by atoms with van der Waals surface area (Å²) in [6.07, 6.45) is 0.437. The molecule has 0 saturated carbocycles. The number of fused-ring (bicyclic) bond motifs is 2. The van der Waals surface area contributed by atoms with Gasteiger partial charge in [-0.15, -0.1) is 0 Å². The van der Waals surface area contributed by atoms with E-state index >= 15 is 0 Å². The molecule has 0 saturated heterocycles. The molecule has 0 aromatic heterocycles. The maximum atomic E-state index is 12.4. The molecule has 0 bridgehead atoms. The van der Waals surface area contributed by atoms with Crippen LogP contribution < -0.4 is 0 Å². The Morgan fingerprint density at radius 3 is 1.96 bits per heavy atom. The minimum Gasteiger partial charge on any atom is -0.294 e. The van der Waals surface area contributed by atoms with Gasteiger partial charge in [0.2, 0.25) is 0 Å². The van der Waals surface area contributed by atoms with Crippen molar-refractivity contribution in [3.8, 4) is 0 Å². The fourth-order valence-corrected chi connectivity index (χ4v) is 3.01. The number of Topliss-reactive ketones (excluding diaryl/α,β-unsaturated/α-hetero) is 1. The van der Waals surface area contributed by atoms with E-state index in [0.29, 0.717) is 6.42 Å². The van der Waals surface area contributed by atoms with Crippen LogP contribution in [0.15, 0.2) is 84.9 Å². The zero-order valence-electron chi connectivity index (χ0n) is 12.7. The van der Waals surface area contributed by atoms with Crippen molar-refractivity contribution in [3.05, 3.63) is 96.1 Å². The highest BCUT2D eigenvalue weighted by Crippen LogP contribution is 2.24. The molecule has 4 aromatic carbocycles. The summed E-state index contributed by atoms with van der Waals surface area (Å²) >= 11 is 0. The summed E-state index contributed by atoms with van der Waals surface area (Å²) in [5.74, 6) is 0.158. The third-order valence-electron chi connectivity index (χ3n) is 4.23. The van der Waals surface area contributed by atoms with Gasteiger partial charge < -0.3 is 0 Å². The van der Waals surface area contributed by atoms with E-state index in [4.69, 9.17) is 0 Å². The van der Waals surface area contributed by atoms with Gasteiger partial charge in [-0.2, -0.15) is 0 Å². The SMILES string of the molecule is O=C(Cc1ccc2cc3ccccc3cc2c1)c1ccccc1. The van der Waals surface area contributed by atoms with Crippen molar-refractivity contribution in [2.24, 2.45) is 0 Å². The van der Waals surface area contributed by atoms with Crippen LogP contribution in [0.3, 0.4) is 0 Å². The van der Waals surface area contributed by atoms with Crippen LogP contribution in [0.1, 0.15) is 15.9 Å². The Labute approximate surface area is 135 Å². The van der Waals surface area contributed by atoms with Gasteiger partial charge in [-0.25, -0.2) is 0 Å².